The second-order valence-electron chi connectivity index (χ2n) is 9.61. The highest BCUT2D eigenvalue weighted by atomic mass is 19.3. The van der Waals surface area contributed by atoms with Gasteiger partial charge in [0, 0.05) is 72.2 Å². The standard InChI is InChI=1S/C26H26F4N8O/c1-26(31)5-3-7-37(14-26)19-10-22(33-12-17(19)15-11-34-38(13-15)25(29)30)35-21-4-6-32-24(36-21)23-18(28)8-16(27)9-20(23)39-2/h4,6,8-13,25H,3,5,7,14,31H2,1-2H3,(H,32,33,35,36)/t26-/m0/s1. The Kier molecular flexibility index (Phi) is 7.08. The number of ether oxygens (including phenoxy) is 1. The molecule has 0 unspecified atom stereocenters. The molecule has 1 saturated heterocycles. The second kappa shape index (κ2) is 10.5. The van der Waals surface area contributed by atoms with Gasteiger partial charge in [-0.3, -0.25) is 0 Å². The van der Waals surface area contributed by atoms with Crippen LogP contribution in [0.15, 0.2) is 49.1 Å². The number of benzene rings is 1. The third kappa shape index (κ3) is 5.62. The molecule has 3 aromatic heterocycles. The van der Waals surface area contributed by atoms with E-state index in [1.54, 1.807) is 18.3 Å². The Morgan fingerprint density at radius 1 is 1.13 bits per heavy atom. The van der Waals surface area contributed by atoms with Crippen LogP contribution in [0.2, 0.25) is 0 Å². The Morgan fingerprint density at radius 3 is 2.67 bits per heavy atom. The first-order valence-electron chi connectivity index (χ1n) is 12.1. The van der Waals surface area contributed by atoms with Crippen molar-refractivity contribution < 1.29 is 22.3 Å². The maximum Gasteiger partial charge on any atom is 0.333 e. The molecule has 1 fully saturated rings. The van der Waals surface area contributed by atoms with E-state index < -0.39 is 23.7 Å². The number of nitrogens with zero attached hydrogens (tertiary/aromatic N) is 6. The highest BCUT2D eigenvalue weighted by molar-refractivity contribution is 5.80. The molecule has 0 radical (unpaired) electrons. The van der Waals surface area contributed by atoms with Crippen molar-refractivity contribution in [1.82, 2.24) is 24.7 Å². The quantitative estimate of drug-likeness (QED) is 0.309. The van der Waals surface area contributed by atoms with E-state index in [0.29, 0.717) is 40.5 Å². The number of hydrogen-bond donors (Lipinski definition) is 2. The first kappa shape index (κ1) is 26.4. The molecule has 0 saturated carbocycles. The third-order valence-electron chi connectivity index (χ3n) is 6.44. The van der Waals surface area contributed by atoms with E-state index >= 15 is 0 Å². The monoisotopic (exact) mass is 542 g/mol. The van der Waals surface area contributed by atoms with Crippen LogP contribution in [0, 0.1) is 11.6 Å². The Bertz CT molecular complexity index is 1490. The lowest BCUT2D eigenvalue weighted by Gasteiger charge is -2.40. The Morgan fingerprint density at radius 2 is 1.95 bits per heavy atom. The van der Waals surface area contributed by atoms with Crippen LogP contribution in [-0.2, 0) is 0 Å². The van der Waals surface area contributed by atoms with Gasteiger partial charge in [-0.2, -0.15) is 13.9 Å². The summed E-state index contributed by atoms with van der Waals surface area (Å²) in [6.07, 6.45) is 7.33. The van der Waals surface area contributed by atoms with Gasteiger partial charge in [-0.1, -0.05) is 0 Å². The van der Waals surface area contributed by atoms with E-state index in [1.807, 2.05) is 6.92 Å². The normalized spacial score (nSPS) is 17.5. The summed E-state index contributed by atoms with van der Waals surface area (Å²) in [6, 6.07) is 5.12. The summed E-state index contributed by atoms with van der Waals surface area (Å²) in [5, 5.41) is 6.85. The summed E-state index contributed by atoms with van der Waals surface area (Å²) in [4.78, 5) is 15.0. The van der Waals surface area contributed by atoms with Crippen molar-refractivity contribution in [2.45, 2.75) is 31.9 Å². The molecule has 0 amide bonds. The minimum atomic E-state index is -2.77. The van der Waals surface area contributed by atoms with Gasteiger partial charge >= 0.3 is 6.55 Å². The average molecular weight is 543 g/mol. The molecule has 1 aliphatic heterocycles. The van der Waals surface area contributed by atoms with Crippen molar-refractivity contribution in [3.05, 3.63) is 60.7 Å². The number of anilines is 3. The molecule has 1 aliphatic rings. The molecule has 5 rings (SSSR count). The van der Waals surface area contributed by atoms with E-state index in [1.165, 1.54) is 25.7 Å². The van der Waals surface area contributed by atoms with Gasteiger partial charge in [-0.05, 0) is 25.8 Å². The van der Waals surface area contributed by atoms with Crippen molar-refractivity contribution in [3.8, 4) is 28.3 Å². The van der Waals surface area contributed by atoms with Crippen molar-refractivity contribution >= 4 is 17.3 Å². The number of piperidine rings is 1. The van der Waals surface area contributed by atoms with Crippen LogP contribution in [0.5, 0.6) is 5.75 Å². The van der Waals surface area contributed by atoms with Crippen LogP contribution < -0.4 is 20.7 Å². The third-order valence-corrected chi connectivity index (χ3v) is 6.44. The highest BCUT2D eigenvalue weighted by Gasteiger charge is 2.29. The molecule has 9 nitrogen and oxygen atoms in total. The summed E-state index contributed by atoms with van der Waals surface area (Å²) in [5.74, 6) is -1.02. The fourth-order valence-corrected chi connectivity index (χ4v) is 4.66. The zero-order chi connectivity index (χ0) is 27.7. The van der Waals surface area contributed by atoms with Gasteiger partial charge in [-0.15, -0.1) is 0 Å². The smallest absolute Gasteiger partial charge is 0.333 e. The van der Waals surface area contributed by atoms with Crippen LogP contribution in [0.3, 0.4) is 0 Å². The van der Waals surface area contributed by atoms with Crippen molar-refractivity contribution in [3.63, 3.8) is 0 Å². The zero-order valence-electron chi connectivity index (χ0n) is 21.2. The minimum Gasteiger partial charge on any atom is -0.496 e. The Hall–Kier alpha value is -4.26. The molecule has 4 aromatic rings. The van der Waals surface area contributed by atoms with Crippen LogP contribution in [0.1, 0.15) is 26.3 Å². The Balaban J connectivity index is 1.51. The highest BCUT2D eigenvalue weighted by Crippen LogP contribution is 2.36. The topological polar surface area (TPSA) is 107 Å². The molecule has 3 N–H and O–H groups in total. The lowest BCUT2D eigenvalue weighted by atomic mass is 9.91. The maximum absolute atomic E-state index is 14.6. The van der Waals surface area contributed by atoms with Crippen LogP contribution in [0.4, 0.5) is 34.9 Å². The fraction of sp³-hybridized carbons (Fsp3) is 0.308. The molecule has 0 aliphatic carbocycles. The van der Waals surface area contributed by atoms with Gasteiger partial charge in [0.2, 0.25) is 0 Å². The molecule has 1 aromatic carbocycles. The Labute approximate surface area is 221 Å². The lowest BCUT2D eigenvalue weighted by Crippen LogP contribution is -2.52. The molecule has 0 bridgehead atoms. The molecule has 0 spiro atoms. The van der Waals surface area contributed by atoms with Crippen LogP contribution in [0.25, 0.3) is 22.5 Å². The van der Waals surface area contributed by atoms with Gasteiger partial charge in [0.15, 0.2) is 5.82 Å². The number of halogens is 4. The van der Waals surface area contributed by atoms with E-state index in [-0.39, 0.29) is 17.1 Å². The van der Waals surface area contributed by atoms with Crippen LogP contribution >= 0.6 is 0 Å². The van der Waals surface area contributed by atoms with Gasteiger partial charge < -0.3 is 20.7 Å². The largest absolute Gasteiger partial charge is 0.496 e. The number of hydrogen-bond acceptors (Lipinski definition) is 8. The summed E-state index contributed by atoms with van der Waals surface area (Å²) >= 11 is 0. The fourth-order valence-electron chi connectivity index (χ4n) is 4.66. The van der Waals surface area contributed by atoms with Gasteiger partial charge in [0.25, 0.3) is 0 Å². The molecular formula is C26H26F4N8O. The van der Waals surface area contributed by atoms with Crippen molar-refractivity contribution in [1.29, 1.82) is 0 Å². The van der Waals surface area contributed by atoms with E-state index in [0.717, 1.165) is 30.7 Å². The first-order valence-corrected chi connectivity index (χ1v) is 12.1. The van der Waals surface area contributed by atoms with Crippen LogP contribution in [-0.4, -0.2) is 50.5 Å². The first-order chi connectivity index (χ1) is 18.6. The van der Waals surface area contributed by atoms with E-state index in [2.05, 4.69) is 30.3 Å². The summed E-state index contributed by atoms with van der Waals surface area (Å²) in [5.41, 5.74) is 7.77. The average Bonchev–Trinajstić information content (AvgIpc) is 3.38. The SMILES string of the molecule is COc1cc(F)cc(F)c1-c1nccc(Nc2cc(N3CCC[C@](C)(N)C3)c(-c3cnn(C(F)F)c3)cn2)n1. The summed E-state index contributed by atoms with van der Waals surface area (Å²) in [6.45, 7) is 0.468. The second-order valence-corrected chi connectivity index (χ2v) is 9.61. The minimum absolute atomic E-state index is 0.0134. The number of alkyl halides is 2. The number of pyridine rings is 1. The molecular weight excluding hydrogens is 516 g/mol. The molecule has 1 atom stereocenters. The zero-order valence-corrected chi connectivity index (χ0v) is 21.2. The molecule has 13 heteroatoms. The number of aromatic nitrogens is 5. The van der Waals surface area contributed by atoms with E-state index in [9.17, 15) is 17.6 Å². The van der Waals surface area contributed by atoms with Crippen molar-refractivity contribution in [2.75, 3.05) is 30.4 Å². The van der Waals surface area contributed by atoms with Gasteiger partial charge in [-0.25, -0.2) is 28.4 Å². The number of nitrogens with two attached hydrogens (primary N) is 1. The van der Waals surface area contributed by atoms with Gasteiger partial charge in [0.1, 0.15) is 29.0 Å². The summed E-state index contributed by atoms with van der Waals surface area (Å²) in [7, 11) is 1.30. The predicted molar refractivity (Wildman–Crippen MR) is 138 cm³/mol. The van der Waals surface area contributed by atoms with Gasteiger partial charge in [0.05, 0.1) is 18.9 Å². The number of rotatable bonds is 7. The maximum atomic E-state index is 14.6. The molecule has 39 heavy (non-hydrogen) atoms. The molecule has 204 valence electrons. The van der Waals surface area contributed by atoms with Crippen molar-refractivity contribution in [2.24, 2.45) is 5.73 Å². The number of methoxy groups -OCH3 is 1. The van der Waals surface area contributed by atoms with E-state index in [4.69, 9.17) is 10.5 Å². The summed E-state index contributed by atoms with van der Waals surface area (Å²) < 4.78 is 60.4. The molecule has 4 heterocycles. The predicted octanol–water partition coefficient (Wildman–Crippen LogP) is 5.15. The lowest BCUT2D eigenvalue weighted by molar-refractivity contribution is 0.0566. The number of nitrogens with one attached hydrogen (secondary N) is 1.